The van der Waals surface area contributed by atoms with Gasteiger partial charge in [0.2, 0.25) is 0 Å². The molecular formula is C17H35N3O. The number of hydrogen-bond acceptors (Lipinski definition) is 2. The first kappa shape index (κ1) is 18.3. The van der Waals surface area contributed by atoms with Gasteiger partial charge in [-0.2, -0.15) is 0 Å². The van der Waals surface area contributed by atoms with Crippen LogP contribution in [0, 0.1) is 11.3 Å². The SMILES string of the molecule is CCNC(=NCC1CCCOC1C(C)(C)C)NC(C)CC. The van der Waals surface area contributed by atoms with Crippen molar-refractivity contribution in [1.82, 2.24) is 10.6 Å². The average molecular weight is 297 g/mol. The van der Waals surface area contributed by atoms with Gasteiger partial charge in [0.25, 0.3) is 0 Å². The lowest BCUT2D eigenvalue weighted by Crippen LogP contribution is -2.44. The summed E-state index contributed by atoms with van der Waals surface area (Å²) >= 11 is 0. The van der Waals surface area contributed by atoms with E-state index in [4.69, 9.17) is 9.73 Å². The topological polar surface area (TPSA) is 45.7 Å². The molecule has 0 aliphatic carbocycles. The Bertz CT molecular complexity index is 322. The van der Waals surface area contributed by atoms with E-state index in [-0.39, 0.29) is 5.41 Å². The lowest BCUT2D eigenvalue weighted by atomic mass is 9.78. The Morgan fingerprint density at radius 3 is 2.62 bits per heavy atom. The highest BCUT2D eigenvalue weighted by atomic mass is 16.5. The Labute approximate surface area is 131 Å². The second-order valence-electron chi connectivity index (χ2n) is 7.23. The molecule has 0 aromatic rings. The van der Waals surface area contributed by atoms with E-state index in [1.807, 2.05) is 0 Å². The van der Waals surface area contributed by atoms with Crippen molar-refractivity contribution in [3.8, 4) is 0 Å². The molecule has 1 aliphatic rings. The number of rotatable bonds is 5. The zero-order valence-corrected chi connectivity index (χ0v) is 14.8. The summed E-state index contributed by atoms with van der Waals surface area (Å²) in [5.41, 5.74) is 0.184. The van der Waals surface area contributed by atoms with E-state index in [1.54, 1.807) is 0 Å². The molecular weight excluding hydrogens is 262 g/mol. The van der Waals surface area contributed by atoms with Gasteiger partial charge in [0.15, 0.2) is 5.96 Å². The van der Waals surface area contributed by atoms with Crippen molar-refractivity contribution in [2.24, 2.45) is 16.3 Å². The Morgan fingerprint density at radius 1 is 1.33 bits per heavy atom. The number of ether oxygens (including phenoxy) is 1. The highest BCUT2D eigenvalue weighted by Gasteiger charge is 2.35. The van der Waals surface area contributed by atoms with E-state index in [0.717, 1.165) is 38.5 Å². The van der Waals surface area contributed by atoms with Gasteiger partial charge >= 0.3 is 0 Å². The summed E-state index contributed by atoms with van der Waals surface area (Å²) in [5, 5.41) is 6.80. The largest absolute Gasteiger partial charge is 0.377 e. The molecule has 0 amide bonds. The van der Waals surface area contributed by atoms with Gasteiger partial charge < -0.3 is 15.4 Å². The fraction of sp³-hybridized carbons (Fsp3) is 0.941. The zero-order valence-electron chi connectivity index (χ0n) is 14.8. The minimum atomic E-state index is 0.184. The predicted octanol–water partition coefficient (Wildman–Crippen LogP) is 3.18. The van der Waals surface area contributed by atoms with E-state index < -0.39 is 0 Å². The van der Waals surface area contributed by atoms with Crippen molar-refractivity contribution in [2.45, 2.75) is 73.0 Å². The maximum atomic E-state index is 6.04. The molecule has 1 fully saturated rings. The Hall–Kier alpha value is -0.770. The molecule has 4 nitrogen and oxygen atoms in total. The molecule has 3 unspecified atom stereocenters. The minimum absolute atomic E-state index is 0.184. The Balaban J connectivity index is 2.67. The molecule has 1 aliphatic heterocycles. The lowest BCUT2D eigenvalue weighted by Gasteiger charge is -2.39. The van der Waals surface area contributed by atoms with Crippen molar-refractivity contribution in [2.75, 3.05) is 19.7 Å². The van der Waals surface area contributed by atoms with Crippen LogP contribution in [0.3, 0.4) is 0 Å². The first-order valence-corrected chi connectivity index (χ1v) is 8.54. The van der Waals surface area contributed by atoms with Crippen molar-refractivity contribution < 1.29 is 4.74 Å². The van der Waals surface area contributed by atoms with E-state index in [9.17, 15) is 0 Å². The quantitative estimate of drug-likeness (QED) is 0.605. The molecule has 0 aromatic heterocycles. The fourth-order valence-corrected chi connectivity index (χ4v) is 2.85. The Morgan fingerprint density at radius 2 is 2.05 bits per heavy atom. The van der Waals surface area contributed by atoms with E-state index in [2.05, 4.69) is 52.2 Å². The molecule has 2 N–H and O–H groups in total. The minimum Gasteiger partial charge on any atom is -0.377 e. The summed E-state index contributed by atoms with van der Waals surface area (Å²) in [4.78, 5) is 4.80. The molecule has 124 valence electrons. The first-order chi connectivity index (χ1) is 9.88. The summed E-state index contributed by atoms with van der Waals surface area (Å²) in [6.45, 7) is 15.9. The van der Waals surface area contributed by atoms with Crippen LogP contribution in [0.25, 0.3) is 0 Å². The predicted molar refractivity (Wildman–Crippen MR) is 90.8 cm³/mol. The second-order valence-corrected chi connectivity index (χ2v) is 7.23. The molecule has 1 saturated heterocycles. The zero-order chi connectivity index (χ0) is 15.9. The lowest BCUT2D eigenvalue weighted by molar-refractivity contribution is -0.0823. The first-order valence-electron chi connectivity index (χ1n) is 8.54. The third kappa shape index (κ3) is 6.25. The molecule has 0 spiro atoms. The van der Waals surface area contributed by atoms with Crippen LogP contribution < -0.4 is 10.6 Å². The highest BCUT2D eigenvalue weighted by Crippen LogP contribution is 2.34. The number of aliphatic imine (C=N–C) groups is 1. The summed E-state index contributed by atoms with van der Waals surface area (Å²) in [6, 6.07) is 0.448. The summed E-state index contributed by atoms with van der Waals surface area (Å²) in [6.07, 6.45) is 3.78. The van der Waals surface area contributed by atoms with Crippen LogP contribution in [0.15, 0.2) is 4.99 Å². The van der Waals surface area contributed by atoms with Gasteiger partial charge in [-0.05, 0) is 38.5 Å². The monoisotopic (exact) mass is 297 g/mol. The standard InChI is InChI=1S/C17H35N3O/c1-7-13(3)20-16(18-8-2)19-12-14-10-9-11-21-15(14)17(4,5)6/h13-15H,7-12H2,1-6H3,(H2,18,19,20). The van der Waals surface area contributed by atoms with Gasteiger partial charge in [-0.1, -0.05) is 27.7 Å². The van der Waals surface area contributed by atoms with Crippen LogP contribution in [0.5, 0.6) is 0 Å². The Kier molecular flexibility index (Phi) is 7.50. The summed E-state index contributed by atoms with van der Waals surface area (Å²) in [7, 11) is 0. The van der Waals surface area contributed by atoms with Crippen molar-refractivity contribution in [1.29, 1.82) is 0 Å². The molecule has 0 radical (unpaired) electrons. The average Bonchev–Trinajstić information content (AvgIpc) is 2.44. The van der Waals surface area contributed by atoms with Crippen LogP contribution in [0.4, 0.5) is 0 Å². The third-order valence-electron chi connectivity index (χ3n) is 4.12. The molecule has 0 bridgehead atoms. The van der Waals surface area contributed by atoms with Crippen molar-refractivity contribution in [3.05, 3.63) is 0 Å². The van der Waals surface area contributed by atoms with Crippen LogP contribution >= 0.6 is 0 Å². The summed E-state index contributed by atoms with van der Waals surface area (Å²) < 4.78 is 6.04. The number of hydrogen-bond donors (Lipinski definition) is 2. The van der Waals surface area contributed by atoms with Crippen LogP contribution in [0.2, 0.25) is 0 Å². The third-order valence-corrected chi connectivity index (χ3v) is 4.12. The maximum absolute atomic E-state index is 6.04. The van der Waals surface area contributed by atoms with Crippen LogP contribution in [0.1, 0.15) is 60.8 Å². The van der Waals surface area contributed by atoms with Gasteiger partial charge in [0.1, 0.15) is 0 Å². The van der Waals surface area contributed by atoms with Gasteiger partial charge in [0.05, 0.1) is 6.10 Å². The normalized spacial score (nSPS) is 25.5. The van der Waals surface area contributed by atoms with Gasteiger partial charge in [0, 0.05) is 31.7 Å². The molecule has 0 saturated carbocycles. The van der Waals surface area contributed by atoms with Crippen molar-refractivity contribution in [3.63, 3.8) is 0 Å². The van der Waals surface area contributed by atoms with Gasteiger partial charge in [-0.15, -0.1) is 0 Å². The molecule has 4 heteroatoms. The molecule has 3 atom stereocenters. The van der Waals surface area contributed by atoms with Gasteiger partial charge in [-0.25, -0.2) is 0 Å². The van der Waals surface area contributed by atoms with Crippen LogP contribution in [-0.2, 0) is 4.74 Å². The maximum Gasteiger partial charge on any atom is 0.191 e. The number of guanidine groups is 1. The number of nitrogens with zero attached hydrogens (tertiary/aromatic N) is 1. The highest BCUT2D eigenvalue weighted by molar-refractivity contribution is 5.80. The van der Waals surface area contributed by atoms with E-state index in [0.29, 0.717) is 18.1 Å². The summed E-state index contributed by atoms with van der Waals surface area (Å²) in [5.74, 6) is 1.45. The number of nitrogens with one attached hydrogen (secondary N) is 2. The van der Waals surface area contributed by atoms with Crippen molar-refractivity contribution >= 4 is 5.96 Å². The van der Waals surface area contributed by atoms with E-state index in [1.165, 1.54) is 6.42 Å². The molecule has 0 aromatic carbocycles. The molecule has 1 heterocycles. The molecule has 1 rings (SSSR count). The van der Waals surface area contributed by atoms with Gasteiger partial charge in [-0.3, -0.25) is 4.99 Å². The van der Waals surface area contributed by atoms with Crippen LogP contribution in [-0.4, -0.2) is 37.8 Å². The molecule has 21 heavy (non-hydrogen) atoms. The van der Waals surface area contributed by atoms with E-state index >= 15 is 0 Å². The second kappa shape index (κ2) is 8.62. The smallest absolute Gasteiger partial charge is 0.191 e. The fourth-order valence-electron chi connectivity index (χ4n) is 2.85.